The van der Waals surface area contributed by atoms with Gasteiger partial charge in [0.15, 0.2) is 0 Å². The Morgan fingerprint density at radius 1 is 1.29 bits per heavy atom. The minimum atomic E-state index is 0.736. The highest BCUT2D eigenvalue weighted by Crippen LogP contribution is 2.25. The van der Waals surface area contributed by atoms with E-state index in [4.69, 9.17) is 10.5 Å². The van der Waals surface area contributed by atoms with Crippen molar-refractivity contribution < 1.29 is 4.74 Å². The lowest BCUT2D eigenvalue weighted by Gasteiger charge is -2.11. The number of benzene rings is 1. The molecule has 0 radical (unpaired) electrons. The maximum absolute atomic E-state index is 5.50. The minimum absolute atomic E-state index is 0.736. The molecule has 0 spiro atoms. The number of hydrogen-bond donors (Lipinski definition) is 1. The minimum Gasteiger partial charge on any atom is -0.496 e. The quantitative estimate of drug-likeness (QED) is 0.777. The van der Waals surface area contributed by atoms with Crippen LogP contribution in [0.4, 0.5) is 0 Å². The molecular weight excluding hydrogens is 174 g/mol. The van der Waals surface area contributed by atoms with Crippen molar-refractivity contribution >= 4 is 0 Å². The summed E-state index contributed by atoms with van der Waals surface area (Å²) >= 11 is 0. The molecule has 0 aliphatic heterocycles. The Bertz CT molecular complexity index is 284. The predicted octanol–water partition coefficient (Wildman–Crippen LogP) is 2.15. The second-order valence-electron chi connectivity index (χ2n) is 3.36. The number of hydrogen-bond acceptors (Lipinski definition) is 2. The molecule has 0 amide bonds. The zero-order valence-corrected chi connectivity index (χ0v) is 9.05. The summed E-state index contributed by atoms with van der Waals surface area (Å²) in [6.07, 6.45) is 3.04. The highest BCUT2D eigenvalue weighted by molar-refractivity contribution is 5.41. The Kier molecular flexibility index (Phi) is 4.47. The van der Waals surface area contributed by atoms with E-state index in [1.165, 1.54) is 11.1 Å². The SMILES string of the molecule is CCc1cccc(CCCN)c1OC. The zero-order valence-electron chi connectivity index (χ0n) is 9.05. The maximum atomic E-state index is 5.50. The molecular formula is C12H19NO. The van der Waals surface area contributed by atoms with Crippen LogP contribution in [0.2, 0.25) is 0 Å². The molecule has 0 atom stereocenters. The number of para-hydroxylation sites is 1. The Hall–Kier alpha value is -1.02. The Labute approximate surface area is 86.1 Å². The van der Waals surface area contributed by atoms with E-state index in [0.717, 1.165) is 31.6 Å². The van der Waals surface area contributed by atoms with Crippen molar-refractivity contribution in [3.63, 3.8) is 0 Å². The number of aryl methyl sites for hydroxylation is 2. The third kappa shape index (κ3) is 2.48. The monoisotopic (exact) mass is 193 g/mol. The van der Waals surface area contributed by atoms with Crippen LogP contribution in [0.5, 0.6) is 5.75 Å². The van der Waals surface area contributed by atoms with Gasteiger partial charge in [-0.3, -0.25) is 0 Å². The van der Waals surface area contributed by atoms with E-state index in [1.54, 1.807) is 7.11 Å². The molecule has 2 N–H and O–H groups in total. The first-order valence-electron chi connectivity index (χ1n) is 5.18. The molecule has 1 rings (SSSR count). The number of nitrogens with two attached hydrogens (primary N) is 1. The molecule has 0 fully saturated rings. The first kappa shape index (κ1) is 11.1. The fourth-order valence-electron chi connectivity index (χ4n) is 1.67. The van der Waals surface area contributed by atoms with Gasteiger partial charge in [0.1, 0.15) is 5.75 Å². The van der Waals surface area contributed by atoms with Crippen LogP contribution in [-0.2, 0) is 12.8 Å². The summed E-state index contributed by atoms with van der Waals surface area (Å²) in [7, 11) is 1.74. The summed E-state index contributed by atoms with van der Waals surface area (Å²) < 4.78 is 5.42. The average Bonchev–Trinajstić information content (AvgIpc) is 2.25. The summed E-state index contributed by atoms with van der Waals surface area (Å²) in [4.78, 5) is 0. The molecule has 0 saturated carbocycles. The van der Waals surface area contributed by atoms with E-state index in [0.29, 0.717) is 0 Å². The summed E-state index contributed by atoms with van der Waals surface area (Å²) in [5.74, 6) is 1.04. The normalized spacial score (nSPS) is 10.2. The Morgan fingerprint density at radius 2 is 2.00 bits per heavy atom. The maximum Gasteiger partial charge on any atom is 0.125 e. The van der Waals surface area contributed by atoms with E-state index in [9.17, 15) is 0 Å². The summed E-state index contributed by atoms with van der Waals surface area (Å²) in [6.45, 7) is 2.88. The van der Waals surface area contributed by atoms with Gasteiger partial charge in [0.05, 0.1) is 7.11 Å². The molecule has 1 aromatic carbocycles. The zero-order chi connectivity index (χ0) is 10.4. The highest BCUT2D eigenvalue weighted by Gasteiger charge is 2.06. The van der Waals surface area contributed by atoms with Crippen molar-refractivity contribution in [2.24, 2.45) is 5.73 Å². The topological polar surface area (TPSA) is 35.2 Å². The molecule has 14 heavy (non-hydrogen) atoms. The Morgan fingerprint density at radius 3 is 2.57 bits per heavy atom. The van der Waals surface area contributed by atoms with Crippen LogP contribution in [0.3, 0.4) is 0 Å². The van der Waals surface area contributed by atoms with Gasteiger partial charge in [-0.2, -0.15) is 0 Å². The highest BCUT2D eigenvalue weighted by atomic mass is 16.5. The van der Waals surface area contributed by atoms with Crippen molar-refractivity contribution in [1.82, 2.24) is 0 Å². The molecule has 0 aromatic heterocycles. The number of methoxy groups -OCH3 is 1. The second kappa shape index (κ2) is 5.66. The lowest BCUT2D eigenvalue weighted by atomic mass is 10.0. The molecule has 0 bridgehead atoms. The van der Waals surface area contributed by atoms with Gasteiger partial charge in [-0.15, -0.1) is 0 Å². The van der Waals surface area contributed by atoms with Crippen LogP contribution >= 0.6 is 0 Å². The molecule has 0 saturated heterocycles. The fourth-order valence-corrected chi connectivity index (χ4v) is 1.67. The van der Waals surface area contributed by atoms with Gasteiger partial charge < -0.3 is 10.5 Å². The first-order chi connectivity index (χ1) is 6.83. The van der Waals surface area contributed by atoms with Crippen LogP contribution in [0.25, 0.3) is 0 Å². The predicted molar refractivity (Wildman–Crippen MR) is 59.7 cm³/mol. The van der Waals surface area contributed by atoms with E-state index in [2.05, 4.69) is 25.1 Å². The standard InChI is InChI=1S/C12H19NO/c1-3-10-6-4-7-11(8-5-9-13)12(10)14-2/h4,6-7H,3,5,8-9,13H2,1-2H3. The van der Waals surface area contributed by atoms with Gasteiger partial charge in [0.2, 0.25) is 0 Å². The van der Waals surface area contributed by atoms with E-state index < -0.39 is 0 Å². The molecule has 0 unspecified atom stereocenters. The van der Waals surface area contributed by atoms with Crippen LogP contribution in [0, 0.1) is 0 Å². The van der Waals surface area contributed by atoms with Gasteiger partial charge in [0.25, 0.3) is 0 Å². The molecule has 0 aliphatic rings. The van der Waals surface area contributed by atoms with Gasteiger partial charge in [-0.25, -0.2) is 0 Å². The molecule has 0 aliphatic carbocycles. The van der Waals surface area contributed by atoms with Crippen molar-refractivity contribution in [2.75, 3.05) is 13.7 Å². The fraction of sp³-hybridized carbons (Fsp3) is 0.500. The van der Waals surface area contributed by atoms with Gasteiger partial charge >= 0.3 is 0 Å². The van der Waals surface area contributed by atoms with E-state index in [1.807, 2.05) is 0 Å². The molecule has 2 heteroatoms. The third-order valence-electron chi connectivity index (χ3n) is 2.41. The molecule has 2 nitrogen and oxygen atoms in total. The molecule has 78 valence electrons. The van der Waals surface area contributed by atoms with Crippen molar-refractivity contribution in [1.29, 1.82) is 0 Å². The summed E-state index contributed by atoms with van der Waals surface area (Å²) in [5, 5.41) is 0. The van der Waals surface area contributed by atoms with Crippen molar-refractivity contribution in [3.05, 3.63) is 29.3 Å². The van der Waals surface area contributed by atoms with Crippen LogP contribution in [0.15, 0.2) is 18.2 Å². The van der Waals surface area contributed by atoms with Crippen LogP contribution < -0.4 is 10.5 Å². The lowest BCUT2D eigenvalue weighted by Crippen LogP contribution is -2.02. The molecule has 0 heterocycles. The number of rotatable bonds is 5. The van der Waals surface area contributed by atoms with E-state index >= 15 is 0 Å². The van der Waals surface area contributed by atoms with Gasteiger partial charge in [-0.05, 0) is 36.9 Å². The smallest absolute Gasteiger partial charge is 0.125 e. The summed E-state index contributed by atoms with van der Waals surface area (Å²) in [5.41, 5.74) is 8.05. The van der Waals surface area contributed by atoms with Crippen LogP contribution in [-0.4, -0.2) is 13.7 Å². The summed E-state index contributed by atoms with van der Waals surface area (Å²) in [6, 6.07) is 6.33. The van der Waals surface area contributed by atoms with E-state index in [-0.39, 0.29) is 0 Å². The lowest BCUT2D eigenvalue weighted by molar-refractivity contribution is 0.404. The first-order valence-corrected chi connectivity index (χ1v) is 5.18. The van der Waals surface area contributed by atoms with Crippen molar-refractivity contribution in [2.45, 2.75) is 26.2 Å². The largest absolute Gasteiger partial charge is 0.496 e. The Balaban J connectivity index is 2.90. The van der Waals surface area contributed by atoms with Crippen LogP contribution in [0.1, 0.15) is 24.5 Å². The number of ether oxygens (including phenoxy) is 1. The second-order valence-corrected chi connectivity index (χ2v) is 3.36. The van der Waals surface area contributed by atoms with Gasteiger partial charge in [-0.1, -0.05) is 25.1 Å². The third-order valence-corrected chi connectivity index (χ3v) is 2.41. The average molecular weight is 193 g/mol. The van der Waals surface area contributed by atoms with Crippen molar-refractivity contribution in [3.8, 4) is 5.75 Å². The van der Waals surface area contributed by atoms with Gasteiger partial charge in [0, 0.05) is 0 Å². The molecule has 1 aromatic rings.